The lowest BCUT2D eigenvalue weighted by molar-refractivity contribution is 0.653. The van der Waals surface area contributed by atoms with Gasteiger partial charge in [0.05, 0.1) is 0 Å². The van der Waals surface area contributed by atoms with Gasteiger partial charge in [-0.2, -0.15) is 0 Å². The summed E-state index contributed by atoms with van der Waals surface area (Å²) >= 11 is 6.14. The summed E-state index contributed by atoms with van der Waals surface area (Å²) in [7, 11) is 0. The monoisotopic (exact) mass is 272 g/mol. The molecule has 0 fully saturated rings. The van der Waals surface area contributed by atoms with Gasteiger partial charge >= 0.3 is 0 Å². The number of aryl methyl sites for hydroxylation is 2. The quantitative estimate of drug-likeness (QED) is 0.866. The molecule has 19 heavy (non-hydrogen) atoms. The normalized spacial score (nSPS) is 18.1. The van der Waals surface area contributed by atoms with E-state index in [0.717, 1.165) is 24.3 Å². The number of nitrogens with zero attached hydrogens (tertiary/aromatic N) is 1. The second-order valence-corrected chi connectivity index (χ2v) is 5.53. The second-order valence-electron chi connectivity index (χ2n) is 5.09. The van der Waals surface area contributed by atoms with Crippen molar-refractivity contribution in [3.05, 3.63) is 63.9 Å². The highest BCUT2D eigenvalue weighted by atomic mass is 35.5. The van der Waals surface area contributed by atoms with Crippen molar-refractivity contribution in [2.24, 2.45) is 5.73 Å². The first kappa shape index (κ1) is 12.6. The van der Waals surface area contributed by atoms with Gasteiger partial charge in [0.1, 0.15) is 0 Å². The molecule has 98 valence electrons. The molecule has 0 unspecified atom stereocenters. The lowest BCUT2D eigenvalue weighted by Crippen LogP contribution is -2.20. The van der Waals surface area contributed by atoms with Crippen molar-refractivity contribution < 1.29 is 0 Å². The van der Waals surface area contributed by atoms with Crippen LogP contribution in [0.25, 0.3) is 0 Å². The third-order valence-corrected chi connectivity index (χ3v) is 4.16. The molecule has 0 saturated carbocycles. The predicted octanol–water partition coefficient (Wildman–Crippen LogP) is 3.12. The van der Waals surface area contributed by atoms with E-state index >= 15 is 0 Å². The van der Waals surface area contributed by atoms with E-state index in [2.05, 4.69) is 23.2 Å². The van der Waals surface area contributed by atoms with E-state index in [1.54, 1.807) is 0 Å². The zero-order chi connectivity index (χ0) is 13.2. The van der Waals surface area contributed by atoms with Crippen LogP contribution in [0.3, 0.4) is 0 Å². The molecule has 2 aromatic rings. The van der Waals surface area contributed by atoms with Gasteiger partial charge in [-0.05, 0) is 60.7 Å². The fourth-order valence-corrected chi connectivity index (χ4v) is 3.06. The Kier molecular flexibility index (Phi) is 3.54. The minimum atomic E-state index is 0.308. The molecule has 2 N–H and O–H groups in total. The van der Waals surface area contributed by atoms with Gasteiger partial charge in [0, 0.05) is 22.8 Å². The molecule has 1 aromatic carbocycles. The van der Waals surface area contributed by atoms with Gasteiger partial charge in [-0.15, -0.1) is 0 Å². The molecular weight excluding hydrogens is 256 g/mol. The molecule has 2 nitrogen and oxygen atoms in total. The highest BCUT2D eigenvalue weighted by Gasteiger charge is 2.20. The molecule has 1 aliphatic rings. The van der Waals surface area contributed by atoms with Gasteiger partial charge in [0.25, 0.3) is 0 Å². The summed E-state index contributed by atoms with van der Waals surface area (Å²) in [5.74, 6) is 0.308. The maximum absolute atomic E-state index is 6.14. The fourth-order valence-electron chi connectivity index (χ4n) is 2.88. The Bertz CT molecular complexity index is 595. The van der Waals surface area contributed by atoms with Crippen LogP contribution < -0.4 is 5.73 Å². The number of rotatable bonds is 1. The maximum Gasteiger partial charge on any atom is 0.0442 e. The number of halogens is 1. The number of hydrogen-bond acceptors (Lipinski definition) is 2. The average Bonchev–Trinajstić information content (AvgIpc) is 2.42. The van der Waals surface area contributed by atoms with Gasteiger partial charge in [-0.25, -0.2) is 0 Å². The minimum absolute atomic E-state index is 0.308. The van der Waals surface area contributed by atoms with Crippen molar-refractivity contribution in [3.63, 3.8) is 0 Å². The van der Waals surface area contributed by atoms with Gasteiger partial charge in [-0.1, -0.05) is 23.7 Å². The predicted molar refractivity (Wildman–Crippen MR) is 78.6 cm³/mol. The van der Waals surface area contributed by atoms with Crippen LogP contribution in [0.15, 0.2) is 36.5 Å². The van der Waals surface area contributed by atoms with Crippen molar-refractivity contribution in [1.82, 2.24) is 4.98 Å². The lowest BCUT2D eigenvalue weighted by Gasteiger charge is -2.23. The zero-order valence-corrected chi connectivity index (χ0v) is 11.5. The largest absolute Gasteiger partial charge is 0.330 e. The van der Waals surface area contributed by atoms with Crippen LogP contribution in [0.4, 0.5) is 0 Å². The SMILES string of the molecule is NC[C@@H]1Cc2ncccc2CCc2ccc(Cl)cc21. The number of nitrogens with two attached hydrogens (primary N) is 1. The molecular formula is C16H17ClN2. The molecule has 1 heterocycles. The van der Waals surface area contributed by atoms with Crippen LogP contribution in [0.1, 0.15) is 28.3 Å². The second kappa shape index (κ2) is 5.32. The molecule has 3 rings (SSSR count). The lowest BCUT2D eigenvalue weighted by atomic mass is 9.84. The van der Waals surface area contributed by atoms with E-state index < -0.39 is 0 Å². The number of pyridine rings is 1. The summed E-state index contributed by atoms with van der Waals surface area (Å²) in [6.45, 7) is 0.628. The van der Waals surface area contributed by atoms with Gasteiger partial charge in [-0.3, -0.25) is 4.98 Å². The van der Waals surface area contributed by atoms with Crippen molar-refractivity contribution in [1.29, 1.82) is 0 Å². The third-order valence-electron chi connectivity index (χ3n) is 3.92. The summed E-state index contributed by atoms with van der Waals surface area (Å²) in [6.07, 6.45) is 4.84. The van der Waals surface area contributed by atoms with Gasteiger partial charge in [0.2, 0.25) is 0 Å². The van der Waals surface area contributed by atoms with Crippen LogP contribution in [0.5, 0.6) is 0 Å². The van der Waals surface area contributed by atoms with Crippen LogP contribution in [0.2, 0.25) is 5.02 Å². The number of fused-ring (bicyclic) bond motifs is 2. The van der Waals surface area contributed by atoms with Crippen LogP contribution in [0, 0.1) is 0 Å². The standard InChI is InChI=1S/C16H17ClN2/c17-14-6-5-11-3-4-12-2-1-7-19-16(12)8-13(10-18)15(11)9-14/h1-2,5-7,9,13H,3-4,8,10,18H2/t13-/m0/s1. The molecule has 3 heteroatoms. The van der Waals surface area contributed by atoms with Crippen molar-refractivity contribution >= 4 is 11.6 Å². The Morgan fingerprint density at radius 2 is 2.05 bits per heavy atom. The molecule has 1 aromatic heterocycles. The summed E-state index contributed by atoms with van der Waals surface area (Å²) in [4.78, 5) is 4.53. The van der Waals surface area contributed by atoms with Gasteiger partial charge in [0.15, 0.2) is 0 Å². The summed E-state index contributed by atoms with van der Waals surface area (Å²) in [5, 5.41) is 0.791. The summed E-state index contributed by atoms with van der Waals surface area (Å²) in [6, 6.07) is 10.4. The Morgan fingerprint density at radius 1 is 1.21 bits per heavy atom. The van der Waals surface area contributed by atoms with Crippen molar-refractivity contribution in [2.75, 3.05) is 6.54 Å². The van der Waals surface area contributed by atoms with E-state index in [-0.39, 0.29) is 0 Å². The first-order valence-corrected chi connectivity index (χ1v) is 7.07. The smallest absolute Gasteiger partial charge is 0.0442 e. The highest BCUT2D eigenvalue weighted by molar-refractivity contribution is 6.30. The van der Waals surface area contributed by atoms with E-state index in [1.165, 1.54) is 22.4 Å². The summed E-state index contributed by atoms with van der Waals surface area (Å²) in [5.41, 5.74) is 11.2. The van der Waals surface area contributed by atoms with E-state index in [0.29, 0.717) is 12.5 Å². The summed E-state index contributed by atoms with van der Waals surface area (Å²) < 4.78 is 0. The Balaban J connectivity index is 2.06. The first-order chi connectivity index (χ1) is 9.28. The molecule has 0 saturated heterocycles. The van der Waals surface area contributed by atoms with Crippen LogP contribution >= 0.6 is 11.6 Å². The molecule has 0 aliphatic heterocycles. The Labute approximate surface area is 118 Å². The Hall–Kier alpha value is -1.38. The van der Waals surface area contributed by atoms with Crippen molar-refractivity contribution in [2.45, 2.75) is 25.2 Å². The zero-order valence-electron chi connectivity index (χ0n) is 10.8. The number of benzene rings is 1. The van der Waals surface area contributed by atoms with Crippen molar-refractivity contribution in [3.8, 4) is 0 Å². The first-order valence-electron chi connectivity index (χ1n) is 6.69. The van der Waals surface area contributed by atoms with Crippen LogP contribution in [-0.4, -0.2) is 11.5 Å². The molecule has 0 spiro atoms. The van der Waals surface area contributed by atoms with E-state index in [1.807, 2.05) is 18.3 Å². The number of hydrogen-bond donors (Lipinski definition) is 1. The molecule has 1 atom stereocenters. The van der Waals surface area contributed by atoms with Crippen LogP contribution in [-0.2, 0) is 19.3 Å². The van der Waals surface area contributed by atoms with E-state index in [9.17, 15) is 0 Å². The molecule has 1 aliphatic carbocycles. The fraction of sp³-hybridized carbons (Fsp3) is 0.312. The highest BCUT2D eigenvalue weighted by Crippen LogP contribution is 2.30. The average molecular weight is 273 g/mol. The Morgan fingerprint density at radius 3 is 2.89 bits per heavy atom. The minimum Gasteiger partial charge on any atom is -0.330 e. The number of aromatic nitrogens is 1. The molecule has 0 radical (unpaired) electrons. The topological polar surface area (TPSA) is 38.9 Å². The third kappa shape index (κ3) is 2.51. The van der Waals surface area contributed by atoms with Gasteiger partial charge < -0.3 is 5.73 Å². The maximum atomic E-state index is 6.14. The van der Waals surface area contributed by atoms with E-state index in [4.69, 9.17) is 17.3 Å². The molecule has 0 amide bonds. The molecule has 0 bridgehead atoms.